The van der Waals surface area contributed by atoms with Gasteiger partial charge < -0.3 is 41.1 Å². The Morgan fingerprint density at radius 3 is 1.51 bits per heavy atom. The van der Waals surface area contributed by atoms with Gasteiger partial charge in [-0.3, -0.25) is 32.3 Å². The molecule has 0 bridgehead atoms. The fraction of sp³-hybridized carbons (Fsp3) is 0.100. The minimum absolute atomic E-state index is 0.117. The van der Waals surface area contributed by atoms with E-state index in [0.717, 1.165) is 30.3 Å². The average Bonchev–Trinajstić information content (AvgIpc) is 0.866. The van der Waals surface area contributed by atoms with Gasteiger partial charge in [-0.2, -0.15) is 80.4 Å². The topological polar surface area (TPSA) is 523 Å². The highest BCUT2D eigenvalue weighted by molar-refractivity contribution is 7.87. The molecule has 34 nitrogen and oxygen atoms in total. The first-order chi connectivity index (χ1) is 39.0. The molecule has 2 aliphatic heterocycles. The van der Waals surface area contributed by atoms with Gasteiger partial charge in [0.15, 0.2) is 32.6 Å². The zero-order valence-corrected chi connectivity index (χ0v) is 48.5. The molecule has 0 unspecified atom stereocenters. The minimum atomic E-state index is -5.22. The number of halogens is 4. The summed E-state index contributed by atoms with van der Waals surface area (Å²) in [6.45, 7) is -0.790. The van der Waals surface area contributed by atoms with E-state index >= 15 is 0 Å². The number of benzene rings is 5. The maximum atomic E-state index is 13.0. The third-order valence-electron chi connectivity index (χ3n) is 11.0. The molecule has 0 spiro atoms. The largest absolute Gasteiger partial charge is 0.450 e. The zero-order valence-electron chi connectivity index (χ0n) is 40.5. The van der Waals surface area contributed by atoms with Crippen LogP contribution in [0.2, 0.25) is 20.6 Å². The number of nitrogens with one attached hydrogen (secondary N) is 6. The summed E-state index contributed by atoms with van der Waals surface area (Å²) < 4.78 is 218. The van der Waals surface area contributed by atoms with Crippen LogP contribution in [0, 0.1) is 0 Å². The normalized spacial score (nSPS) is 13.2. The summed E-state index contributed by atoms with van der Waals surface area (Å²) in [7, 11) is -30.4. The van der Waals surface area contributed by atoms with Crippen LogP contribution in [0.25, 0.3) is 22.6 Å². The first-order valence-corrected chi connectivity index (χ1v) is 32.3. The molecule has 6 aromatic rings. The molecule has 12 N–H and O–H groups in total. The Bertz CT molecular complexity index is 4860. The lowest BCUT2D eigenvalue weighted by molar-refractivity contribution is 0.449. The Morgan fingerprint density at radius 1 is 0.500 bits per heavy atom. The number of hydrogen-bond acceptors (Lipinski definition) is 28. The average molecular weight is 1360 g/mol. The van der Waals surface area contributed by atoms with E-state index in [-0.39, 0.29) is 93.1 Å². The van der Waals surface area contributed by atoms with E-state index in [2.05, 4.69) is 71.8 Å². The van der Waals surface area contributed by atoms with E-state index in [1.165, 1.54) is 18.2 Å². The molecule has 44 heteroatoms. The molecule has 84 heavy (non-hydrogen) atoms. The van der Waals surface area contributed by atoms with Crippen LogP contribution in [-0.4, -0.2) is 139 Å². The van der Waals surface area contributed by atoms with Gasteiger partial charge in [-0.25, -0.2) is 4.98 Å². The second kappa shape index (κ2) is 22.6. The predicted molar refractivity (Wildman–Crippen MR) is 294 cm³/mol. The molecule has 444 valence electrons. The smallest absolute Gasteiger partial charge is 0.300 e. The molecule has 0 saturated carbocycles. The molecule has 4 aromatic carbocycles. The molecule has 0 saturated heterocycles. The van der Waals surface area contributed by atoms with Crippen LogP contribution in [0.4, 0.5) is 52.2 Å². The second-order valence-corrected chi connectivity index (χ2v) is 26.4. The summed E-state index contributed by atoms with van der Waals surface area (Å²) >= 11 is 25.7. The molecule has 9 rings (SSSR count). The third-order valence-corrected chi connectivity index (χ3v) is 17.4. The van der Waals surface area contributed by atoms with Crippen molar-refractivity contribution in [3.05, 3.63) is 86.6 Å². The van der Waals surface area contributed by atoms with Crippen molar-refractivity contribution < 1.29 is 87.0 Å². The van der Waals surface area contributed by atoms with Gasteiger partial charge in [0, 0.05) is 19.6 Å². The van der Waals surface area contributed by atoms with E-state index in [1.807, 2.05) is 0 Å². The molecular formula is C40H30Cl4N14O20S6. The van der Waals surface area contributed by atoms with Crippen LogP contribution in [0.5, 0.6) is 11.5 Å². The highest BCUT2D eigenvalue weighted by atomic mass is 35.5. The third kappa shape index (κ3) is 13.3. The summed E-state index contributed by atoms with van der Waals surface area (Å²) in [5.74, 6) is -2.78. The van der Waals surface area contributed by atoms with Gasteiger partial charge >= 0.3 is 10.1 Å². The monoisotopic (exact) mass is 1360 g/mol. The Labute approximate surface area is 491 Å². The zero-order chi connectivity index (χ0) is 61.2. The molecule has 3 aliphatic rings. The van der Waals surface area contributed by atoms with Crippen molar-refractivity contribution >= 4 is 170 Å². The van der Waals surface area contributed by atoms with Crippen LogP contribution in [0.1, 0.15) is 0 Å². The Morgan fingerprint density at radius 2 is 1.00 bits per heavy atom. The summed E-state index contributed by atoms with van der Waals surface area (Å²) in [6.07, 6.45) is 0. The lowest BCUT2D eigenvalue weighted by Gasteiger charge is -2.27. The van der Waals surface area contributed by atoms with E-state index in [4.69, 9.17) is 55.6 Å². The van der Waals surface area contributed by atoms with Crippen molar-refractivity contribution in [2.24, 2.45) is 4.99 Å². The highest BCUT2D eigenvalue weighted by Crippen LogP contribution is 2.55. The van der Waals surface area contributed by atoms with Crippen molar-refractivity contribution in [2.75, 3.05) is 58.1 Å². The first-order valence-electron chi connectivity index (χ1n) is 22.2. The lowest BCUT2D eigenvalue weighted by atomic mass is 10.1. The molecule has 4 heterocycles. The van der Waals surface area contributed by atoms with Crippen LogP contribution in [0.3, 0.4) is 0 Å². The lowest BCUT2D eigenvalue weighted by Crippen LogP contribution is -2.20. The van der Waals surface area contributed by atoms with E-state index in [1.54, 1.807) is 0 Å². The number of aromatic nitrogens is 7. The fourth-order valence-corrected chi connectivity index (χ4v) is 12.6. The van der Waals surface area contributed by atoms with Gasteiger partial charge in [-0.05, 0) is 83.9 Å². The molecule has 2 aromatic heterocycles. The molecule has 0 amide bonds. The molecule has 1 aliphatic carbocycles. The Balaban J connectivity index is 0.936. The maximum absolute atomic E-state index is 13.0. The number of ether oxygens (including phenoxy) is 1. The van der Waals surface area contributed by atoms with Gasteiger partial charge in [0.05, 0.1) is 44.4 Å². The summed E-state index contributed by atoms with van der Waals surface area (Å²) in [5.41, 5.74) is -2.31. The summed E-state index contributed by atoms with van der Waals surface area (Å²) in [6, 6.07) is 9.24. The van der Waals surface area contributed by atoms with Crippen molar-refractivity contribution in [1.29, 1.82) is 0 Å². The Kier molecular flexibility index (Phi) is 16.5. The van der Waals surface area contributed by atoms with Gasteiger partial charge in [0.1, 0.15) is 36.7 Å². The number of fused-ring (bicyclic) bond motifs is 4. The van der Waals surface area contributed by atoms with E-state index in [0.29, 0.717) is 12.1 Å². The predicted octanol–water partition coefficient (Wildman–Crippen LogP) is 5.27. The molecule has 0 radical (unpaired) electrons. The molecular weight excluding hydrogens is 1330 g/mol. The van der Waals surface area contributed by atoms with Crippen LogP contribution in [-0.2, 0) is 60.7 Å². The number of nitrogens with zero attached hydrogens (tertiary/aromatic N) is 8. The van der Waals surface area contributed by atoms with Crippen molar-refractivity contribution in [2.45, 2.75) is 29.4 Å². The van der Waals surface area contributed by atoms with Crippen molar-refractivity contribution in [1.82, 2.24) is 34.9 Å². The van der Waals surface area contributed by atoms with Gasteiger partial charge in [0.2, 0.25) is 34.4 Å². The minimum Gasteiger partial charge on any atom is -0.450 e. The number of rotatable bonds is 19. The van der Waals surface area contributed by atoms with Crippen LogP contribution >= 0.6 is 46.4 Å². The highest BCUT2D eigenvalue weighted by Gasteiger charge is 2.35. The number of hydrogen-bond donors (Lipinski definition) is 12. The SMILES string of the molecule is O=S(=O)(O)c1ccc(Nc2nc(Cl)nc(NCCN=c3ccc4nc5c(Cl)c6c(c(Cl)c5oc-4c3S(=O)(=O)O)Nc3ccc(NCCNc4nc(Cl)nc(Nc5ccc(S(=O)(=O)O)cc5S(=O)(=O)O)n4)c(S(=O)(=O)O)c3O6)n2)c(S(=O)(=O)O)c1. The van der Waals surface area contributed by atoms with Crippen molar-refractivity contribution in [3.8, 4) is 23.0 Å². The second-order valence-electron chi connectivity index (χ2n) is 16.6. The molecule has 0 atom stereocenters. The standard InChI is InChI=1S/C40H30Cl4N14O20S6/c41-25-28-32(78-30-20(50-28)6-8-22(34(30)84(74,75)76)46-10-12-48-38-54-36(44)56-40(58-38)52-18-4-2-16(80(62,63)64)14-24(18)82(68,69)70)26(42)27-31(25)77-29-19(49-27)5-7-21(33(29)83(71,72)73)45-9-11-47-37-53-35(43)55-39(57-37)51-17-3-1-15(79(59,60)61)13-23(17)81(65,66)67/h1-8,13-14,45,49H,9-12H2,(H,59,60,61)(H,62,63,64)(H,65,66,67)(H,68,69,70)(H,71,72,73)(H,74,75,76)(H2,47,51,53,55,57)(H2,48,52,54,56,58). The van der Waals surface area contributed by atoms with Gasteiger partial charge in [-0.1, -0.05) is 23.2 Å². The summed E-state index contributed by atoms with van der Waals surface area (Å²) in [4.78, 5) is 26.7. The first kappa shape index (κ1) is 61.3. The van der Waals surface area contributed by atoms with E-state index in [9.17, 15) is 77.8 Å². The summed E-state index contributed by atoms with van der Waals surface area (Å²) in [5, 5.41) is 14.0. The maximum Gasteiger partial charge on any atom is 0.300 e. The fourth-order valence-electron chi connectivity index (χ4n) is 7.64. The van der Waals surface area contributed by atoms with Crippen molar-refractivity contribution in [3.63, 3.8) is 0 Å². The number of anilines is 9. The Hall–Kier alpha value is -7.26. The van der Waals surface area contributed by atoms with Crippen LogP contribution in [0.15, 0.2) is 99.4 Å². The van der Waals surface area contributed by atoms with Crippen LogP contribution < -0.4 is 42.0 Å². The van der Waals surface area contributed by atoms with Gasteiger partial charge in [0.25, 0.3) is 50.6 Å². The quantitative estimate of drug-likeness (QED) is 0.0279. The molecule has 0 fully saturated rings. The van der Waals surface area contributed by atoms with E-state index < -0.39 is 135 Å². The van der Waals surface area contributed by atoms with Gasteiger partial charge in [-0.15, -0.1) is 0 Å².